The third kappa shape index (κ3) is 5.64. The van der Waals surface area contributed by atoms with Gasteiger partial charge in [-0.15, -0.1) is 11.6 Å². The highest BCUT2D eigenvalue weighted by atomic mass is 35.5. The number of halogens is 1. The van der Waals surface area contributed by atoms with Gasteiger partial charge < -0.3 is 0 Å². The molecule has 0 atom stereocenters. The van der Waals surface area contributed by atoms with Gasteiger partial charge in [0.25, 0.3) is 0 Å². The molecule has 1 heteroatoms. The van der Waals surface area contributed by atoms with E-state index in [1.165, 1.54) is 5.57 Å². The average molecular weight is 145 g/mol. The van der Waals surface area contributed by atoms with Gasteiger partial charge in [0.2, 0.25) is 0 Å². The highest BCUT2D eigenvalue weighted by Gasteiger charge is 1.81. The van der Waals surface area contributed by atoms with Gasteiger partial charge in [-0.2, -0.15) is 0 Å². The van der Waals surface area contributed by atoms with E-state index in [1.807, 2.05) is 19.1 Å². The zero-order valence-electron chi connectivity index (χ0n) is 6.02. The Morgan fingerprint density at radius 1 is 1.56 bits per heavy atom. The van der Waals surface area contributed by atoms with Gasteiger partial charge in [0, 0.05) is 5.88 Å². The smallest absolute Gasteiger partial charge is 0.0406 e. The summed E-state index contributed by atoms with van der Waals surface area (Å²) in [6, 6.07) is 0. The lowest BCUT2D eigenvalue weighted by molar-refractivity contribution is 1.20. The molecule has 0 aromatic rings. The zero-order valence-corrected chi connectivity index (χ0v) is 6.78. The molecule has 0 aliphatic carbocycles. The molecule has 52 valence electrons. The summed E-state index contributed by atoms with van der Waals surface area (Å²) in [5.41, 5.74) is 1.34. The number of alkyl halides is 1. The van der Waals surface area contributed by atoms with Crippen LogP contribution in [0, 0.1) is 0 Å². The number of hydrogen-bond donors (Lipinski definition) is 0. The molecule has 0 unspecified atom stereocenters. The van der Waals surface area contributed by atoms with Crippen LogP contribution in [-0.4, -0.2) is 5.88 Å². The summed E-state index contributed by atoms with van der Waals surface area (Å²) in [5, 5.41) is 0. The van der Waals surface area contributed by atoms with Crippen LogP contribution in [0.3, 0.4) is 0 Å². The maximum Gasteiger partial charge on any atom is 0.0406 e. The Labute approximate surface area is 62.2 Å². The molecular formula is C8H13Cl. The van der Waals surface area contributed by atoms with E-state index in [1.54, 1.807) is 0 Å². The monoisotopic (exact) mass is 144 g/mol. The van der Waals surface area contributed by atoms with Gasteiger partial charge in [0.15, 0.2) is 0 Å². The fourth-order valence-electron chi connectivity index (χ4n) is 0.519. The van der Waals surface area contributed by atoms with Gasteiger partial charge in [-0.1, -0.05) is 23.8 Å². The lowest BCUT2D eigenvalue weighted by Gasteiger charge is -1.90. The van der Waals surface area contributed by atoms with Crippen molar-refractivity contribution in [2.24, 2.45) is 0 Å². The second-order valence-electron chi connectivity index (χ2n) is 1.98. The van der Waals surface area contributed by atoms with E-state index >= 15 is 0 Å². The van der Waals surface area contributed by atoms with Crippen molar-refractivity contribution in [2.45, 2.75) is 20.3 Å². The van der Waals surface area contributed by atoms with Crippen LogP contribution < -0.4 is 0 Å². The summed E-state index contributed by atoms with van der Waals surface area (Å²) in [6.07, 6.45) is 7.23. The Kier molecular flexibility index (Phi) is 5.75. The molecule has 0 bridgehead atoms. The normalized spacial score (nSPS) is 13.0. The first kappa shape index (κ1) is 8.77. The first-order valence-electron chi connectivity index (χ1n) is 3.14. The standard InChI is InChI=1S/C8H13Cl/c1-3-4-5-8(2)6-7-9/h3-4,6H,5,7H2,1-2H3/b4-3+,8-6+. The van der Waals surface area contributed by atoms with E-state index in [-0.39, 0.29) is 0 Å². The molecule has 0 saturated carbocycles. The first-order valence-corrected chi connectivity index (χ1v) is 3.67. The highest BCUT2D eigenvalue weighted by Crippen LogP contribution is 2.00. The first-order chi connectivity index (χ1) is 4.31. The van der Waals surface area contributed by atoms with Crippen molar-refractivity contribution in [1.29, 1.82) is 0 Å². The van der Waals surface area contributed by atoms with Gasteiger partial charge >= 0.3 is 0 Å². The van der Waals surface area contributed by atoms with E-state index in [4.69, 9.17) is 11.6 Å². The molecule has 0 rings (SSSR count). The summed E-state index contributed by atoms with van der Waals surface area (Å²) < 4.78 is 0. The van der Waals surface area contributed by atoms with Crippen molar-refractivity contribution in [2.75, 3.05) is 5.88 Å². The van der Waals surface area contributed by atoms with E-state index in [0.29, 0.717) is 5.88 Å². The van der Waals surface area contributed by atoms with Crippen molar-refractivity contribution in [3.8, 4) is 0 Å². The van der Waals surface area contributed by atoms with Crippen LogP contribution in [0.15, 0.2) is 23.8 Å². The zero-order chi connectivity index (χ0) is 7.11. The van der Waals surface area contributed by atoms with Gasteiger partial charge in [0.1, 0.15) is 0 Å². The Balaban J connectivity index is 3.49. The van der Waals surface area contributed by atoms with Crippen LogP contribution in [-0.2, 0) is 0 Å². The quantitative estimate of drug-likeness (QED) is 0.422. The largest absolute Gasteiger partial charge is 0.122 e. The third-order valence-corrected chi connectivity index (χ3v) is 1.26. The van der Waals surface area contributed by atoms with E-state index in [9.17, 15) is 0 Å². The van der Waals surface area contributed by atoms with Crippen LogP contribution in [0.4, 0.5) is 0 Å². The maximum atomic E-state index is 5.47. The fourth-order valence-corrected chi connectivity index (χ4v) is 0.782. The molecule has 0 spiro atoms. The molecule has 0 aromatic heterocycles. The predicted molar refractivity (Wildman–Crippen MR) is 43.9 cm³/mol. The van der Waals surface area contributed by atoms with Gasteiger partial charge in [0.05, 0.1) is 0 Å². The molecule has 0 saturated heterocycles. The van der Waals surface area contributed by atoms with Crippen LogP contribution in [0.5, 0.6) is 0 Å². The Morgan fingerprint density at radius 2 is 2.22 bits per heavy atom. The molecule has 0 aromatic carbocycles. The molecule has 0 amide bonds. The van der Waals surface area contributed by atoms with Crippen LogP contribution in [0.2, 0.25) is 0 Å². The average Bonchev–Trinajstić information content (AvgIpc) is 1.85. The molecule has 9 heavy (non-hydrogen) atoms. The molecule has 0 aliphatic rings. The topological polar surface area (TPSA) is 0 Å². The minimum atomic E-state index is 0.628. The van der Waals surface area contributed by atoms with Crippen molar-refractivity contribution in [3.05, 3.63) is 23.8 Å². The minimum Gasteiger partial charge on any atom is -0.122 e. The summed E-state index contributed by atoms with van der Waals surface area (Å²) >= 11 is 5.47. The highest BCUT2D eigenvalue weighted by molar-refractivity contribution is 6.18. The molecule has 0 nitrogen and oxygen atoms in total. The Bertz CT molecular complexity index is 112. The Morgan fingerprint density at radius 3 is 2.67 bits per heavy atom. The number of allylic oxidation sites excluding steroid dienone is 4. The van der Waals surface area contributed by atoms with Gasteiger partial charge in [-0.25, -0.2) is 0 Å². The maximum absolute atomic E-state index is 5.47. The Hall–Kier alpha value is -0.230. The van der Waals surface area contributed by atoms with E-state index < -0.39 is 0 Å². The number of hydrogen-bond acceptors (Lipinski definition) is 0. The van der Waals surface area contributed by atoms with Crippen molar-refractivity contribution in [1.82, 2.24) is 0 Å². The number of rotatable bonds is 3. The van der Waals surface area contributed by atoms with Gasteiger partial charge in [-0.05, 0) is 20.3 Å². The molecule has 0 N–H and O–H groups in total. The predicted octanol–water partition coefficient (Wildman–Crippen LogP) is 3.14. The van der Waals surface area contributed by atoms with Crippen LogP contribution >= 0.6 is 11.6 Å². The second-order valence-corrected chi connectivity index (χ2v) is 2.29. The molecule has 0 heterocycles. The second kappa shape index (κ2) is 5.90. The SMILES string of the molecule is C/C=C/C/C(C)=C/CCl. The van der Waals surface area contributed by atoms with E-state index in [0.717, 1.165) is 6.42 Å². The van der Waals surface area contributed by atoms with Crippen molar-refractivity contribution < 1.29 is 0 Å². The molecular weight excluding hydrogens is 132 g/mol. The lowest BCUT2D eigenvalue weighted by Crippen LogP contribution is -1.72. The van der Waals surface area contributed by atoms with Crippen LogP contribution in [0.1, 0.15) is 20.3 Å². The van der Waals surface area contributed by atoms with Crippen LogP contribution in [0.25, 0.3) is 0 Å². The van der Waals surface area contributed by atoms with Gasteiger partial charge in [-0.3, -0.25) is 0 Å². The minimum absolute atomic E-state index is 0.628. The van der Waals surface area contributed by atoms with E-state index in [2.05, 4.69) is 13.0 Å². The lowest BCUT2D eigenvalue weighted by atomic mass is 10.2. The summed E-state index contributed by atoms with van der Waals surface area (Å²) in [4.78, 5) is 0. The third-order valence-electron chi connectivity index (χ3n) is 1.10. The molecule has 0 aliphatic heterocycles. The summed E-state index contributed by atoms with van der Waals surface area (Å²) in [6.45, 7) is 4.11. The summed E-state index contributed by atoms with van der Waals surface area (Å²) in [7, 11) is 0. The molecule has 0 radical (unpaired) electrons. The molecule has 0 fully saturated rings. The van der Waals surface area contributed by atoms with Crippen molar-refractivity contribution in [3.63, 3.8) is 0 Å². The van der Waals surface area contributed by atoms with Crippen molar-refractivity contribution >= 4 is 11.6 Å². The summed E-state index contributed by atoms with van der Waals surface area (Å²) in [5.74, 6) is 0.628. The fraction of sp³-hybridized carbons (Fsp3) is 0.500.